The van der Waals surface area contributed by atoms with Gasteiger partial charge in [-0.15, -0.1) is 0 Å². The molecule has 0 atom stereocenters. The molecular weight excluding hydrogens is 256 g/mol. The molecule has 0 saturated heterocycles. The van der Waals surface area contributed by atoms with Gasteiger partial charge in [0, 0.05) is 12.3 Å². The van der Waals surface area contributed by atoms with Gasteiger partial charge in [-0.2, -0.15) is 4.98 Å². The third-order valence-corrected chi connectivity index (χ3v) is 3.28. The summed E-state index contributed by atoms with van der Waals surface area (Å²) in [5.74, 6) is 2.28. The maximum absolute atomic E-state index is 11.8. The van der Waals surface area contributed by atoms with Gasteiger partial charge in [0.05, 0.1) is 5.56 Å². The second-order valence-electron chi connectivity index (χ2n) is 4.88. The molecule has 1 aromatic carbocycles. The summed E-state index contributed by atoms with van der Waals surface area (Å²) in [6, 6.07) is 7.22. The molecule has 0 N–H and O–H groups in total. The van der Waals surface area contributed by atoms with Crippen LogP contribution in [-0.2, 0) is 6.61 Å². The van der Waals surface area contributed by atoms with E-state index in [0.717, 1.165) is 12.8 Å². The average molecular weight is 272 g/mol. The number of carbonyl (C=O) groups excluding carboxylic acids is 1. The molecular formula is C15H16N2O3. The number of hydrogen-bond donors (Lipinski definition) is 0. The summed E-state index contributed by atoms with van der Waals surface area (Å²) >= 11 is 0. The van der Waals surface area contributed by atoms with Crippen molar-refractivity contribution in [2.45, 2.75) is 38.7 Å². The number of ketones is 1. The smallest absolute Gasteiger partial charge is 0.229 e. The zero-order chi connectivity index (χ0) is 13.9. The quantitative estimate of drug-likeness (QED) is 0.756. The molecule has 104 valence electrons. The van der Waals surface area contributed by atoms with E-state index in [1.54, 1.807) is 12.1 Å². The van der Waals surface area contributed by atoms with Crippen LogP contribution >= 0.6 is 0 Å². The summed E-state index contributed by atoms with van der Waals surface area (Å²) in [5, 5.41) is 3.89. The Labute approximate surface area is 116 Å². The van der Waals surface area contributed by atoms with Crippen LogP contribution in [0, 0.1) is 0 Å². The van der Waals surface area contributed by atoms with E-state index in [1.165, 1.54) is 0 Å². The monoisotopic (exact) mass is 272 g/mol. The van der Waals surface area contributed by atoms with Crippen molar-refractivity contribution < 1.29 is 14.1 Å². The van der Waals surface area contributed by atoms with Crippen molar-refractivity contribution in [3.63, 3.8) is 0 Å². The van der Waals surface area contributed by atoms with Crippen molar-refractivity contribution in [2.75, 3.05) is 0 Å². The third-order valence-electron chi connectivity index (χ3n) is 3.28. The first kappa shape index (κ1) is 12.8. The fourth-order valence-electron chi connectivity index (χ4n) is 1.98. The minimum Gasteiger partial charge on any atom is -0.485 e. The van der Waals surface area contributed by atoms with Gasteiger partial charge in [-0.05, 0) is 25.0 Å². The highest BCUT2D eigenvalue weighted by Gasteiger charge is 2.29. The molecule has 0 radical (unpaired) electrons. The largest absolute Gasteiger partial charge is 0.485 e. The summed E-state index contributed by atoms with van der Waals surface area (Å²) in [6.07, 6.45) is 2.70. The molecule has 1 aliphatic rings. The van der Waals surface area contributed by atoms with Crippen molar-refractivity contribution in [2.24, 2.45) is 0 Å². The Morgan fingerprint density at radius 3 is 2.95 bits per heavy atom. The van der Waals surface area contributed by atoms with Crippen molar-refractivity contribution in [1.82, 2.24) is 10.1 Å². The Bertz CT molecular complexity index is 617. The first-order chi connectivity index (χ1) is 9.78. The van der Waals surface area contributed by atoms with E-state index in [1.807, 2.05) is 19.1 Å². The van der Waals surface area contributed by atoms with Crippen LogP contribution in [0.2, 0.25) is 0 Å². The molecule has 3 rings (SSSR count). The van der Waals surface area contributed by atoms with Gasteiger partial charge in [0.15, 0.2) is 12.4 Å². The number of aromatic nitrogens is 2. The second kappa shape index (κ2) is 5.45. The van der Waals surface area contributed by atoms with Gasteiger partial charge in [0.2, 0.25) is 11.7 Å². The average Bonchev–Trinajstić information content (AvgIpc) is 3.24. The van der Waals surface area contributed by atoms with Crippen molar-refractivity contribution >= 4 is 5.78 Å². The summed E-state index contributed by atoms with van der Waals surface area (Å²) in [6.45, 7) is 2.05. The molecule has 1 heterocycles. The zero-order valence-corrected chi connectivity index (χ0v) is 11.3. The van der Waals surface area contributed by atoms with Crippen LogP contribution in [0.1, 0.15) is 54.2 Å². The summed E-state index contributed by atoms with van der Waals surface area (Å²) in [5.41, 5.74) is 0.598. The number of rotatable bonds is 6. The Morgan fingerprint density at radius 1 is 1.40 bits per heavy atom. The number of nitrogens with zero attached hydrogens (tertiary/aromatic N) is 2. The fraction of sp³-hybridized carbons (Fsp3) is 0.400. The molecule has 5 heteroatoms. The van der Waals surface area contributed by atoms with E-state index in [-0.39, 0.29) is 12.4 Å². The molecule has 1 aliphatic carbocycles. The van der Waals surface area contributed by atoms with Crippen LogP contribution in [0.4, 0.5) is 0 Å². The van der Waals surface area contributed by atoms with Crippen LogP contribution in [0.25, 0.3) is 0 Å². The number of ether oxygens (including phenoxy) is 1. The Kier molecular flexibility index (Phi) is 3.50. The van der Waals surface area contributed by atoms with Crippen LogP contribution in [0.5, 0.6) is 5.75 Å². The first-order valence-corrected chi connectivity index (χ1v) is 6.85. The molecule has 0 bridgehead atoms. The van der Waals surface area contributed by atoms with E-state index in [0.29, 0.717) is 35.4 Å². The second-order valence-corrected chi connectivity index (χ2v) is 4.88. The summed E-state index contributed by atoms with van der Waals surface area (Å²) in [4.78, 5) is 16.1. The van der Waals surface area contributed by atoms with Gasteiger partial charge in [-0.3, -0.25) is 4.79 Å². The highest BCUT2D eigenvalue weighted by Crippen LogP contribution is 2.38. The number of Topliss-reactive ketones (excluding diaryl/α,β-unsaturated/α-hetero) is 1. The van der Waals surface area contributed by atoms with Gasteiger partial charge in [-0.25, -0.2) is 0 Å². The lowest BCUT2D eigenvalue weighted by Gasteiger charge is -2.08. The van der Waals surface area contributed by atoms with Crippen molar-refractivity contribution in [3.8, 4) is 5.75 Å². The topological polar surface area (TPSA) is 65.2 Å². The van der Waals surface area contributed by atoms with Crippen LogP contribution in [0.3, 0.4) is 0 Å². The van der Waals surface area contributed by atoms with Gasteiger partial charge >= 0.3 is 0 Å². The molecule has 2 aromatic rings. The highest BCUT2D eigenvalue weighted by molar-refractivity contribution is 5.98. The lowest BCUT2D eigenvalue weighted by molar-refractivity contribution is 0.0983. The Balaban J connectivity index is 1.69. The third kappa shape index (κ3) is 2.71. The zero-order valence-electron chi connectivity index (χ0n) is 11.3. The summed E-state index contributed by atoms with van der Waals surface area (Å²) < 4.78 is 10.8. The SMILES string of the molecule is CCC(=O)c1ccccc1OCc1noc(C2CC2)n1. The van der Waals surface area contributed by atoms with Crippen molar-refractivity contribution in [3.05, 3.63) is 41.5 Å². The summed E-state index contributed by atoms with van der Waals surface area (Å²) in [7, 11) is 0. The molecule has 0 unspecified atom stereocenters. The molecule has 1 saturated carbocycles. The van der Waals surface area contributed by atoms with E-state index in [4.69, 9.17) is 9.26 Å². The molecule has 1 aromatic heterocycles. The van der Waals surface area contributed by atoms with E-state index >= 15 is 0 Å². The van der Waals surface area contributed by atoms with E-state index in [2.05, 4.69) is 10.1 Å². The Hall–Kier alpha value is -2.17. The number of para-hydroxylation sites is 1. The van der Waals surface area contributed by atoms with Gasteiger partial charge in [-0.1, -0.05) is 24.2 Å². The van der Waals surface area contributed by atoms with Crippen LogP contribution < -0.4 is 4.74 Å². The van der Waals surface area contributed by atoms with Gasteiger partial charge in [0.25, 0.3) is 0 Å². The maximum atomic E-state index is 11.8. The predicted molar refractivity (Wildman–Crippen MR) is 71.7 cm³/mol. The molecule has 20 heavy (non-hydrogen) atoms. The van der Waals surface area contributed by atoms with Gasteiger partial charge in [0.1, 0.15) is 5.75 Å². The molecule has 0 amide bonds. The maximum Gasteiger partial charge on any atom is 0.229 e. The highest BCUT2D eigenvalue weighted by atomic mass is 16.5. The fourth-order valence-corrected chi connectivity index (χ4v) is 1.98. The molecule has 5 nitrogen and oxygen atoms in total. The lowest BCUT2D eigenvalue weighted by Crippen LogP contribution is -2.04. The number of carbonyl (C=O) groups is 1. The number of hydrogen-bond acceptors (Lipinski definition) is 5. The first-order valence-electron chi connectivity index (χ1n) is 6.85. The number of benzene rings is 1. The minimum absolute atomic E-state index is 0.0624. The van der Waals surface area contributed by atoms with Crippen LogP contribution in [-0.4, -0.2) is 15.9 Å². The van der Waals surface area contributed by atoms with Crippen molar-refractivity contribution in [1.29, 1.82) is 0 Å². The standard InChI is InChI=1S/C15H16N2O3/c1-2-12(18)11-5-3-4-6-13(11)19-9-14-16-15(20-17-14)10-7-8-10/h3-6,10H,2,7-9H2,1H3. The van der Waals surface area contributed by atoms with E-state index in [9.17, 15) is 4.79 Å². The molecule has 1 fully saturated rings. The molecule has 0 spiro atoms. The minimum atomic E-state index is 0.0624. The van der Waals surface area contributed by atoms with E-state index < -0.39 is 0 Å². The lowest BCUT2D eigenvalue weighted by atomic mass is 10.1. The van der Waals surface area contributed by atoms with Gasteiger partial charge < -0.3 is 9.26 Å². The molecule has 0 aliphatic heterocycles. The predicted octanol–water partition coefficient (Wildman–Crippen LogP) is 3.12. The Morgan fingerprint density at radius 2 is 2.20 bits per heavy atom. The normalized spacial score (nSPS) is 14.2. The van der Waals surface area contributed by atoms with Crippen LogP contribution in [0.15, 0.2) is 28.8 Å².